The van der Waals surface area contributed by atoms with E-state index in [1.165, 1.54) is 25.1 Å². The van der Waals surface area contributed by atoms with Crippen LogP contribution in [0.2, 0.25) is 5.02 Å². The number of Topliss-reactive ketones (excluding diaryl/α,β-unsaturated/α-hetero) is 1. The largest absolute Gasteiger partial charge is 0.354 e. The van der Waals surface area contributed by atoms with Gasteiger partial charge in [0.25, 0.3) is 5.56 Å². The average Bonchev–Trinajstić information content (AvgIpc) is 2.65. The molecule has 0 saturated heterocycles. The second kappa shape index (κ2) is 8.57. The van der Waals surface area contributed by atoms with E-state index in [0.29, 0.717) is 22.5 Å². The van der Waals surface area contributed by atoms with Crippen molar-refractivity contribution < 1.29 is 9.18 Å². The molecule has 2 aromatic heterocycles. The predicted molar refractivity (Wildman–Crippen MR) is 113 cm³/mol. The minimum absolute atomic E-state index is 0.0250. The quantitative estimate of drug-likeness (QED) is 0.580. The molecule has 7 heteroatoms. The van der Waals surface area contributed by atoms with Gasteiger partial charge in [-0.25, -0.2) is 4.39 Å². The number of carbonyl (C=O) groups excluding carboxylic acids is 1. The van der Waals surface area contributed by atoms with Gasteiger partial charge in [-0.15, -0.1) is 0 Å². The van der Waals surface area contributed by atoms with E-state index >= 15 is 0 Å². The second-order valence-electron chi connectivity index (χ2n) is 7.16. The number of anilines is 2. The molecule has 0 bridgehead atoms. The number of halogens is 2. The van der Waals surface area contributed by atoms with Gasteiger partial charge in [0.05, 0.1) is 10.7 Å². The molecule has 0 spiro atoms. The van der Waals surface area contributed by atoms with Crippen molar-refractivity contribution in [1.29, 1.82) is 0 Å². The third-order valence-electron chi connectivity index (χ3n) is 4.41. The molecule has 0 radical (unpaired) electrons. The van der Waals surface area contributed by atoms with Crippen molar-refractivity contribution in [3.63, 3.8) is 0 Å². The Hall–Kier alpha value is -2.99. The molecule has 0 saturated carbocycles. The van der Waals surface area contributed by atoms with Gasteiger partial charge in [0.2, 0.25) is 0 Å². The van der Waals surface area contributed by atoms with Gasteiger partial charge in [-0.05, 0) is 48.7 Å². The number of carbonyl (C=O) groups is 1. The zero-order chi connectivity index (χ0) is 21.1. The summed E-state index contributed by atoms with van der Waals surface area (Å²) in [7, 11) is 0. The van der Waals surface area contributed by atoms with Gasteiger partial charge in [-0.1, -0.05) is 31.5 Å². The number of aromatic amines is 1. The summed E-state index contributed by atoms with van der Waals surface area (Å²) in [5, 5.41) is 3.25. The van der Waals surface area contributed by atoms with Crippen molar-refractivity contribution in [2.24, 2.45) is 0 Å². The number of benzene rings is 1. The normalized spacial score (nSPS) is 11.0. The average molecular weight is 414 g/mol. The van der Waals surface area contributed by atoms with Crippen molar-refractivity contribution in [2.45, 2.75) is 33.1 Å². The van der Waals surface area contributed by atoms with E-state index in [2.05, 4.69) is 15.3 Å². The molecule has 3 rings (SSSR count). The molecule has 3 aromatic rings. The highest BCUT2D eigenvalue weighted by Gasteiger charge is 2.15. The summed E-state index contributed by atoms with van der Waals surface area (Å²) in [6.45, 7) is 5.46. The van der Waals surface area contributed by atoms with Crippen molar-refractivity contribution >= 4 is 28.8 Å². The van der Waals surface area contributed by atoms with Crippen LogP contribution in [0.4, 0.5) is 15.8 Å². The Labute approximate surface area is 173 Å². The summed E-state index contributed by atoms with van der Waals surface area (Å²) in [4.78, 5) is 31.2. The van der Waals surface area contributed by atoms with Crippen LogP contribution < -0.4 is 10.9 Å². The zero-order valence-electron chi connectivity index (χ0n) is 16.3. The number of hydrogen-bond donors (Lipinski definition) is 2. The van der Waals surface area contributed by atoms with Crippen molar-refractivity contribution in [2.75, 3.05) is 5.32 Å². The Morgan fingerprint density at radius 3 is 2.66 bits per heavy atom. The number of aromatic nitrogens is 2. The third kappa shape index (κ3) is 4.90. The molecule has 0 aliphatic rings. The van der Waals surface area contributed by atoms with Crippen LogP contribution in [-0.4, -0.2) is 15.8 Å². The minimum Gasteiger partial charge on any atom is -0.354 e. The molecule has 0 fully saturated rings. The van der Waals surface area contributed by atoms with Crippen LogP contribution in [-0.2, 0) is 11.2 Å². The maximum Gasteiger partial charge on any atom is 0.256 e. The standard InChI is InChI=1S/C22H21ClFN3O2/c1-12(2)21-20(26-15-6-7-25-16(10-15)8-13(3)28)11-17(22(29)27-21)14-4-5-19(24)18(23)9-14/h4-7,9-12H,8H2,1-3H3,(H,25,26)(H,27,29). The lowest BCUT2D eigenvalue weighted by molar-refractivity contribution is -0.116. The lowest BCUT2D eigenvalue weighted by Crippen LogP contribution is -2.15. The fourth-order valence-corrected chi connectivity index (χ4v) is 3.23. The predicted octanol–water partition coefficient (Wildman–Crippen LogP) is 5.23. The van der Waals surface area contributed by atoms with Crippen molar-refractivity contribution in [3.05, 3.63) is 75.2 Å². The summed E-state index contributed by atoms with van der Waals surface area (Å²) in [6.07, 6.45) is 1.87. The molecule has 0 aliphatic carbocycles. The first-order valence-corrected chi connectivity index (χ1v) is 9.56. The first kappa shape index (κ1) is 20.7. The molecule has 0 aliphatic heterocycles. The van der Waals surface area contributed by atoms with E-state index in [4.69, 9.17) is 11.6 Å². The number of nitrogens with zero attached hydrogens (tertiary/aromatic N) is 1. The maximum atomic E-state index is 13.5. The lowest BCUT2D eigenvalue weighted by Gasteiger charge is -2.16. The minimum atomic E-state index is -0.543. The molecule has 1 aromatic carbocycles. The Bertz CT molecular complexity index is 1130. The fraction of sp³-hybridized carbons (Fsp3) is 0.227. The summed E-state index contributed by atoms with van der Waals surface area (Å²) < 4.78 is 13.5. The van der Waals surface area contributed by atoms with Crippen molar-refractivity contribution in [3.8, 4) is 11.1 Å². The second-order valence-corrected chi connectivity index (χ2v) is 7.57. The number of rotatable bonds is 6. The number of ketones is 1. The van der Waals surface area contributed by atoms with E-state index in [1.54, 1.807) is 24.4 Å². The summed E-state index contributed by atoms with van der Waals surface area (Å²) in [6, 6.07) is 9.48. The van der Waals surface area contributed by atoms with Crippen LogP contribution in [0.15, 0.2) is 47.4 Å². The monoisotopic (exact) mass is 413 g/mol. The number of H-pyrrole nitrogens is 1. The van der Waals surface area contributed by atoms with Gasteiger partial charge < -0.3 is 10.3 Å². The van der Waals surface area contributed by atoms with Gasteiger partial charge in [0, 0.05) is 35.3 Å². The van der Waals surface area contributed by atoms with Crippen LogP contribution in [0.25, 0.3) is 11.1 Å². The van der Waals surface area contributed by atoms with Crippen LogP contribution in [0.3, 0.4) is 0 Å². The highest BCUT2D eigenvalue weighted by molar-refractivity contribution is 6.31. The van der Waals surface area contributed by atoms with Gasteiger partial charge in [0.1, 0.15) is 11.6 Å². The molecule has 0 amide bonds. The first-order valence-electron chi connectivity index (χ1n) is 9.18. The molecule has 0 unspecified atom stereocenters. The van der Waals surface area contributed by atoms with Crippen LogP contribution in [0.1, 0.15) is 38.1 Å². The zero-order valence-corrected chi connectivity index (χ0v) is 17.1. The van der Waals surface area contributed by atoms with E-state index in [-0.39, 0.29) is 28.7 Å². The Morgan fingerprint density at radius 2 is 2.00 bits per heavy atom. The van der Waals surface area contributed by atoms with Crippen molar-refractivity contribution in [1.82, 2.24) is 9.97 Å². The van der Waals surface area contributed by atoms with Gasteiger partial charge in [-0.3, -0.25) is 14.6 Å². The molecule has 150 valence electrons. The molecule has 2 N–H and O–H groups in total. The Morgan fingerprint density at radius 1 is 1.24 bits per heavy atom. The summed E-state index contributed by atoms with van der Waals surface area (Å²) >= 11 is 5.89. The van der Waals surface area contributed by atoms with Gasteiger partial charge in [-0.2, -0.15) is 0 Å². The Kier molecular flexibility index (Phi) is 6.13. The van der Waals surface area contributed by atoms with E-state index in [9.17, 15) is 14.0 Å². The van der Waals surface area contributed by atoms with Crippen LogP contribution in [0.5, 0.6) is 0 Å². The fourth-order valence-electron chi connectivity index (χ4n) is 3.04. The molecule has 2 heterocycles. The van der Waals surface area contributed by atoms with E-state index in [1.807, 2.05) is 13.8 Å². The van der Waals surface area contributed by atoms with Gasteiger partial charge >= 0.3 is 0 Å². The van der Waals surface area contributed by atoms with Crippen LogP contribution in [0, 0.1) is 5.82 Å². The molecule has 0 atom stereocenters. The highest BCUT2D eigenvalue weighted by atomic mass is 35.5. The Balaban J connectivity index is 2.06. The first-order chi connectivity index (χ1) is 13.7. The molecule has 5 nitrogen and oxygen atoms in total. The number of nitrogens with one attached hydrogen (secondary N) is 2. The van der Waals surface area contributed by atoms with E-state index < -0.39 is 5.82 Å². The molecular formula is C22H21ClFN3O2. The smallest absolute Gasteiger partial charge is 0.256 e. The topological polar surface area (TPSA) is 74.8 Å². The van der Waals surface area contributed by atoms with E-state index in [0.717, 1.165) is 11.4 Å². The van der Waals surface area contributed by atoms with Gasteiger partial charge in [0.15, 0.2) is 0 Å². The SMILES string of the molecule is CC(=O)Cc1cc(Nc2cc(-c3ccc(F)c(Cl)c3)c(=O)[nH]c2C(C)C)ccn1. The molecular weight excluding hydrogens is 393 g/mol. The number of pyridine rings is 2. The number of hydrogen-bond acceptors (Lipinski definition) is 4. The summed E-state index contributed by atoms with van der Waals surface area (Å²) in [5.74, 6) is -0.467. The van der Waals surface area contributed by atoms with Crippen LogP contribution >= 0.6 is 11.6 Å². The highest BCUT2D eigenvalue weighted by Crippen LogP contribution is 2.30. The summed E-state index contributed by atoms with van der Waals surface area (Å²) in [5.41, 5.74) is 3.44. The lowest BCUT2D eigenvalue weighted by atomic mass is 10.0. The molecule has 29 heavy (non-hydrogen) atoms. The third-order valence-corrected chi connectivity index (χ3v) is 4.69. The maximum absolute atomic E-state index is 13.5.